The molecule has 0 aliphatic carbocycles. The van der Waals surface area contributed by atoms with Gasteiger partial charge in [-0.25, -0.2) is 23.1 Å². The van der Waals surface area contributed by atoms with Gasteiger partial charge in [0.05, 0.1) is 19.0 Å². The highest BCUT2D eigenvalue weighted by molar-refractivity contribution is 5.96. The van der Waals surface area contributed by atoms with Crippen LogP contribution < -0.4 is 21.1 Å². The topological polar surface area (TPSA) is 107 Å². The van der Waals surface area contributed by atoms with Gasteiger partial charge in [-0.3, -0.25) is 9.20 Å². The van der Waals surface area contributed by atoms with E-state index >= 15 is 0 Å². The zero-order valence-corrected chi connectivity index (χ0v) is 19.7. The summed E-state index contributed by atoms with van der Waals surface area (Å²) in [6.45, 7) is 2.32. The fourth-order valence-electron chi connectivity index (χ4n) is 3.87. The molecule has 2 heterocycles. The van der Waals surface area contributed by atoms with Crippen LogP contribution in [0.2, 0.25) is 0 Å². The van der Waals surface area contributed by atoms with Crippen LogP contribution in [0.1, 0.15) is 34.3 Å². The number of carbonyl (C=O) groups is 1. The summed E-state index contributed by atoms with van der Waals surface area (Å²) in [7, 11) is 1.40. The van der Waals surface area contributed by atoms with Crippen molar-refractivity contribution in [1.29, 1.82) is 0 Å². The second-order valence-corrected chi connectivity index (χ2v) is 7.99. The molecule has 188 valence electrons. The Labute approximate surface area is 205 Å². The van der Waals surface area contributed by atoms with Crippen LogP contribution >= 0.6 is 0 Å². The number of amides is 1. The fourth-order valence-corrected chi connectivity index (χ4v) is 3.87. The van der Waals surface area contributed by atoms with E-state index in [0.29, 0.717) is 53.5 Å². The molecular weight excluding hydrogens is 473 g/mol. The number of halogens is 3. The van der Waals surface area contributed by atoms with Crippen LogP contribution in [0.25, 0.3) is 16.9 Å². The number of imidazole rings is 1. The van der Waals surface area contributed by atoms with E-state index in [1.807, 2.05) is 0 Å². The molecule has 0 saturated carbocycles. The number of carbonyl (C=O) groups excluding carboxylic acids is 1. The normalized spacial score (nSPS) is 11.2. The Kier molecular flexibility index (Phi) is 7.39. The molecule has 0 saturated heterocycles. The van der Waals surface area contributed by atoms with Gasteiger partial charge < -0.3 is 21.1 Å². The second kappa shape index (κ2) is 10.6. The standard InChI is InChI=1S/C25H25F3N6O2/c1-14-16(6-7-20(36-2)21(14)26)19-13-32-24-23(30-10-11-34(19)24)33-15-4-5-17(18(12-15)22(27)28)25(35)31-9-3-8-29/h4-7,10-13,22H,3,8-9,29H2,1-2H3,(H,30,33)(H,31,35). The number of alkyl halides is 2. The predicted octanol–water partition coefficient (Wildman–Crippen LogP) is 4.61. The molecule has 2 aromatic carbocycles. The van der Waals surface area contributed by atoms with Crippen molar-refractivity contribution in [2.24, 2.45) is 5.73 Å². The minimum absolute atomic E-state index is 0.112. The number of methoxy groups -OCH3 is 1. The van der Waals surface area contributed by atoms with Gasteiger partial charge in [-0.05, 0) is 55.8 Å². The SMILES string of the molecule is COc1ccc(-c2cnc3c(Nc4ccc(C(=O)NCCCN)c(C(F)F)c4)nccn23)c(C)c1F. The minimum Gasteiger partial charge on any atom is -0.494 e. The van der Waals surface area contributed by atoms with E-state index in [9.17, 15) is 18.0 Å². The average Bonchev–Trinajstić information content (AvgIpc) is 3.30. The molecule has 1 amide bonds. The lowest BCUT2D eigenvalue weighted by Crippen LogP contribution is -2.27. The van der Waals surface area contributed by atoms with E-state index in [1.165, 1.54) is 37.6 Å². The summed E-state index contributed by atoms with van der Waals surface area (Å²) in [6.07, 6.45) is 2.44. The van der Waals surface area contributed by atoms with Crippen LogP contribution in [-0.2, 0) is 0 Å². The number of fused-ring (bicyclic) bond motifs is 1. The summed E-state index contributed by atoms with van der Waals surface area (Å²) in [5, 5.41) is 5.59. The van der Waals surface area contributed by atoms with E-state index < -0.39 is 23.7 Å². The smallest absolute Gasteiger partial charge is 0.264 e. The first-order valence-corrected chi connectivity index (χ1v) is 11.2. The molecule has 0 bridgehead atoms. The first kappa shape index (κ1) is 25.0. The number of hydrogen-bond donors (Lipinski definition) is 3. The van der Waals surface area contributed by atoms with Crippen molar-refractivity contribution in [2.75, 3.05) is 25.5 Å². The van der Waals surface area contributed by atoms with E-state index in [1.54, 1.807) is 29.8 Å². The average molecular weight is 499 g/mol. The van der Waals surface area contributed by atoms with E-state index in [-0.39, 0.29) is 11.3 Å². The number of aromatic nitrogens is 3. The third kappa shape index (κ3) is 4.82. The van der Waals surface area contributed by atoms with Crippen molar-refractivity contribution in [1.82, 2.24) is 19.7 Å². The van der Waals surface area contributed by atoms with Crippen LogP contribution in [-0.4, -0.2) is 40.5 Å². The number of hydrogen-bond acceptors (Lipinski definition) is 6. The van der Waals surface area contributed by atoms with Gasteiger partial charge in [0.1, 0.15) is 0 Å². The number of benzene rings is 2. The zero-order chi connectivity index (χ0) is 25.8. The van der Waals surface area contributed by atoms with Crippen molar-refractivity contribution < 1.29 is 22.7 Å². The Bertz CT molecular complexity index is 1410. The second-order valence-electron chi connectivity index (χ2n) is 7.99. The quantitative estimate of drug-likeness (QED) is 0.291. The summed E-state index contributed by atoms with van der Waals surface area (Å²) in [5.41, 5.74) is 7.23. The molecule has 0 unspecified atom stereocenters. The molecule has 4 rings (SSSR count). The predicted molar refractivity (Wildman–Crippen MR) is 130 cm³/mol. The van der Waals surface area contributed by atoms with E-state index in [4.69, 9.17) is 10.5 Å². The van der Waals surface area contributed by atoms with Crippen LogP contribution in [0, 0.1) is 12.7 Å². The van der Waals surface area contributed by atoms with Gasteiger partial charge in [-0.1, -0.05) is 0 Å². The summed E-state index contributed by atoms with van der Waals surface area (Å²) in [6, 6.07) is 7.34. The number of ether oxygens (including phenoxy) is 1. The minimum atomic E-state index is -2.86. The Balaban J connectivity index is 1.67. The van der Waals surface area contributed by atoms with Crippen molar-refractivity contribution in [3.05, 3.63) is 71.4 Å². The Morgan fingerprint density at radius 3 is 2.75 bits per heavy atom. The molecule has 0 aliphatic heterocycles. The van der Waals surface area contributed by atoms with Gasteiger partial charge in [-0.2, -0.15) is 0 Å². The van der Waals surface area contributed by atoms with Crippen molar-refractivity contribution in [3.8, 4) is 17.0 Å². The lowest BCUT2D eigenvalue weighted by atomic mass is 10.1. The third-order valence-electron chi connectivity index (χ3n) is 5.74. The summed E-state index contributed by atoms with van der Waals surface area (Å²) in [4.78, 5) is 21.1. The van der Waals surface area contributed by atoms with Gasteiger partial charge in [0.2, 0.25) is 0 Å². The number of nitrogens with one attached hydrogen (secondary N) is 2. The maximum Gasteiger partial charge on any atom is 0.264 e. The largest absolute Gasteiger partial charge is 0.494 e. The van der Waals surface area contributed by atoms with Gasteiger partial charge in [-0.15, -0.1) is 0 Å². The first-order chi connectivity index (χ1) is 17.3. The first-order valence-electron chi connectivity index (χ1n) is 11.2. The number of anilines is 2. The van der Waals surface area contributed by atoms with Gasteiger partial charge in [0, 0.05) is 41.3 Å². The molecule has 8 nitrogen and oxygen atoms in total. The molecule has 0 spiro atoms. The lowest BCUT2D eigenvalue weighted by molar-refractivity contribution is 0.0940. The van der Waals surface area contributed by atoms with E-state index in [0.717, 1.165) is 0 Å². The number of nitrogens with zero attached hydrogens (tertiary/aromatic N) is 3. The van der Waals surface area contributed by atoms with Gasteiger partial charge in [0.15, 0.2) is 23.0 Å². The molecule has 11 heteroatoms. The van der Waals surface area contributed by atoms with Crippen LogP contribution in [0.15, 0.2) is 48.9 Å². The molecule has 36 heavy (non-hydrogen) atoms. The summed E-state index contributed by atoms with van der Waals surface area (Å²) < 4.78 is 48.9. The molecule has 0 fully saturated rings. The lowest BCUT2D eigenvalue weighted by Gasteiger charge is -2.13. The third-order valence-corrected chi connectivity index (χ3v) is 5.74. The molecule has 4 N–H and O–H groups in total. The van der Waals surface area contributed by atoms with Crippen molar-refractivity contribution in [3.63, 3.8) is 0 Å². The monoisotopic (exact) mass is 498 g/mol. The zero-order valence-electron chi connectivity index (χ0n) is 19.7. The van der Waals surface area contributed by atoms with Crippen LogP contribution in [0.4, 0.5) is 24.7 Å². The Morgan fingerprint density at radius 1 is 1.22 bits per heavy atom. The maximum absolute atomic E-state index is 14.6. The molecule has 0 atom stereocenters. The maximum atomic E-state index is 14.6. The summed E-state index contributed by atoms with van der Waals surface area (Å²) in [5.74, 6) is -0.620. The molecule has 2 aromatic heterocycles. The number of rotatable bonds is 9. The van der Waals surface area contributed by atoms with Crippen LogP contribution in [0.5, 0.6) is 5.75 Å². The Hall–Kier alpha value is -4.12. The van der Waals surface area contributed by atoms with Gasteiger partial charge in [0.25, 0.3) is 12.3 Å². The fraction of sp³-hybridized carbons (Fsp3) is 0.240. The highest BCUT2D eigenvalue weighted by Gasteiger charge is 2.20. The van der Waals surface area contributed by atoms with E-state index in [2.05, 4.69) is 20.6 Å². The molecular formula is C25H25F3N6O2. The highest BCUT2D eigenvalue weighted by Crippen LogP contribution is 2.33. The highest BCUT2D eigenvalue weighted by atomic mass is 19.3. The molecule has 0 radical (unpaired) electrons. The van der Waals surface area contributed by atoms with Gasteiger partial charge >= 0.3 is 0 Å². The van der Waals surface area contributed by atoms with Crippen LogP contribution in [0.3, 0.4) is 0 Å². The van der Waals surface area contributed by atoms with Crippen molar-refractivity contribution >= 4 is 23.1 Å². The Morgan fingerprint density at radius 2 is 2.03 bits per heavy atom. The number of nitrogens with two attached hydrogens (primary N) is 1. The van der Waals surface area contributed by atoms with Crippen molar-refractivity contribution in [2.45, 2.75) is 19.8 Å². The molecule has 4 aromatic rings. The molecule has 0 aliphatic rings. The summed E-state index contributed by atoms with van der Waals surface area (Å²) >= 11 is 0.